The molecule has 0 bridgehead atoms. The molecule has 0 aromatic heterocycles. The molecule has 1 heterocycles. The van der Waals surface area contributed by atoms with Gasteiger partial charge in [0, 0.05) is 17.5 Å². The fraction of sp³-hybridized carbons (Fsp3) is 0.500. The first-order chi connectivity index (χ1) is 12.2. The van der Waals surface area contributed by atoms with Crippen LogP contribution in [-0.4, -0.2) is 41.4 Å². The molecule has 0 N–H and O–H groups in total. The standard InChI is InChI=1S/C20H25NO3S/c1-24-20(23)16-12-18(15-8-4-2-5-9-15)21(19(22)14-25-13-16)17-10-6-3-7-11-17/h2,4-5,8-9,12,16-17H,3,6-7,10-11,13-14H2,1H3/b18-12-. The van der Waals surface area contributed by atoms with Crippen LogP contribution in [0.4, 0.5) is 0 Å². The SMILES string of the molecule is COC(=O)C1/C=C(/c2ccccc2)N(C2CCCCC2)C(=O)CSC1. The number of nitrogens with zero attached hydrogens (tertiary/aromatic N) is 1. The molecule has 1 aliphatic carbocycles. The second-order valence-electron chi connectivity index (χ2n) is 6.62. The summed E-state index contributed by atoms with van der Waals surface area (Å²) in [5.74, 6) is 0.570. The summed E-state index contributed by atoms with van der Waals surface area (Å²) in [6.07, 6.45) is 7.56. The van der Waals surface area contributed by atoms with Crippen molar-refractivity contribution < 1.29 is 14.3 Å². The molecular formula is C20H25NO3S. The lowest BCUT2D eigenvalue weighted by Gasteiger charge is -2.37. The third-order valence-corrected chi connectivity index (χ3v) is 5.97. The molecule has 25 heavy (non-hydrogen) atoms. The fourth-order valence-corrected chi connectivity index (χ4v) is 4.59. The van der Waals surface area contributed by atoms with Gasteiger partial charge in [0.25, 0.3) is 0 Å². The predicted octanol–water partition coefficient (Wildman–Crippen LogP) is 3.72. The van der Waals surface area contributed by atoms with Gasteiger partial charge in [0.15, 0.2) is 0 Å². The minimum atomic E-state index is -0.329. The highest BCUT2D eigenvalue weighted by molar-refractivity contribution is 7.99. The number of methoxy groups -OCH3 is 1. The predicted molar refractivity (Wildman–Crippen MR) is 101 cm³/mol. The van der Waals surface area contributed by atoms with Crippen molar-refractivity contribution in [2.45, 2.75) is 38.1 Å². The van der Waals surface area contributed by atoms with E-state index in [0.717, 1.165) is 36.9 Å². The number of carbonyl (C=O) groups excluding carboxylic acids is 2. The third-order valence-electron chi connectivity index (χ3n) is 4.92. The Bertz CT molecular complexity index is 638. The van der Waals surface area contributed by atoms with E-state index < -0.39 is 0 Å². The number of esters is 1. The average molecular weight is 359 g/mol. The molecule has 134 valence electrons. The second kappa shape index (κ2) is 8.56. The molecule has 1 saturated carbocycles. The molecule has 4 nitrogen and oxygen atoms in total. The lowest BCUT2D eigenvalue weighted by molar-refractivity contribution is -0.143. The number of hydrogen-bond donors (Lipinski definition) is 0. The Morgan fingerprint density at radius 3 is 2.56 bits per heavy atom. The maximum Gasteiger partial charge on any atom is 0.313 e. The summed E-state index contributed by atoms with van der Waals surface area (Å²) in [6.45, 7) is 0. The van der Waals surface area contributed by atoms with Crippen molar-refractivity contribution in [2.75, 3.05) is 18.6 Å². The Morgan fingerprint density at radius 2 is 1.88 bits per heavy atom. The van der Waals surface area contributed by atoms with Crippen LogP contribution in [0.3, 0.4) is 0 Å². The van der Waals surface area contributed by atoms with Gasteiger partial charge in [0.2, 0.25) is 5.91 Å². The van der Waals surface area contributed by atoms with Crippen LogP contribution in [0.5, 0.6) is 0 Å². The van der Waals surface area contributed by atoms with Gasteiger partial charge in [-0.1, -0.05) is 49.6 Å². The highest BCUT2D eigenvalue weighted by Gasteiger charge is 2.32. The van der Waals surface area contributed by atoms with E-state index in [4.69, 9.17) is 4.74 Å². The zero-order chi connectivity index (χ0) is 17.6. The Labute approximate surface area is 153 Å². The summed E-state index contributed by atoms with van der Waals surface area (Å²) in [6, 6.07) is 10.2. The van der Waals surface area contributed by atoms with Gasteiger partial charge < -0.3 is 9.64 Å². The average Bonchev–Trinajstić information content (AvgIpc) is 2.65. The maximum atomic E-state index is 12.9. The first kappa shape index (κ1) is 18.1. The minimum Gasteiger partial charge on any atom is -0.469 e. The molecule has 0 radical (unpaired) electrons. The number of carbonyl (C=O) groups is 2. The molecule has 1 aliphatic heterocycles. The number of thioether (sulfide) groups is 1. The Kier molecular flexibility index (Phi) is 6.19. The van der Waals surface area contributed by atoms with Gasteiger partial charge in [-0.25, -0.2) is 0 Å². The first-order valence-electron chi connectivity index (χ1n) is 8.95. The van der Waals surface area contributed by atoms with Crippen molar-refractivity contribution in [1.29, 1.82) is 0 Å². The zero-order valence-electron chi connectivity index (χ0n) is 14.6. The molecule has 1 fully saturated rings. The number of amides is 1. The molecule has 0 spiro atoms. The highest BCUT2D eigenvalue weighted by Crippen LogP contribution is 2.33. The van der Waals surface area contributed by atoms with E-state index in [1.54, 1.807) is 0 Å². The summed E-state index contributed by atoms with van der Waals surface area (Å²) in [5.41, 5.74) is 1.86. The van der Waals surface area contributed by atoms with E-state index in [1.165, 1.54) is 25.3 Å². The fourth-order valence-electron chi connectivity index (χ4n) is 3.67. The van der Waals surface area contributed by atoms with Crippen LogP contribution in [0.1, 0.15) is 37.7 Å². The van der Waals surface area contributed by atoms with Crippen LogP contribution in [0.25, 0.3) is 5.70 Å². The molecule has 3 rings (SSSR count). The van der Waals surface area contributed by atoms with Crippen molar-refractivity contribution in [2.24, 2.45) is 5.92 Å². The van der Waals surface area contributed by atoms with Crippen molar-refractivity contribution in [3.63, 3.8) is 0 Å². The van der Waals surface area contributed by atoms with Crippen LogP contribution in [0, 0.1) is 5.92 Å². The van der Waals surface area contributed by atoms with Crippen molar-refractivity contribution in [3.8, 4) is 0 Å². The van der Waals surface area contributed by atoms with E-state index in [-0.39, 0.29) is 23.8 Å². The Morgan fingerprint density at radius 1 is 1.16 bits per heavy atom. The molecule has 5 heteroatoms. The van der Waals surface area contributed by atoms with Crippen molar-refractivity contribution in [1.82, 2.24) is 4.90 Å². The van der Waals surface area contributed by atoms with Crippen LogP contribution < -0.4 is 0 Å². The van der Waals surface area contributed by atoms with Gasteiger partial charge in [-0.05, 0) is 24.5 Å². The smallest absolute Gasteiger partial charge is 0.313 e. The molecule has 1 amide bonds. The van der Waals surface area contributed by atoms with Gasteiger partial charge in [0.05, 0.1) is 18.8 Å². The molecule has 0 saturated heterocycles. The molecule has 1 aromatic carbocycles. The van der Waals surface area contributed by atoms with E-state index in [9.17, 15) is 9.59 Å². The quantitative estimate of drug-likeness (QED) is 0.772. The van der Waals surface area contributed by atoms with Crippen LogP contribution in [0.2, 0.25) is 0 Å². The van der Waals surface area contributed by atoms with Crippen LogP contribution in [-0.2, 0) is 14.3 Å². The van der Waals surface area contributed by atoms with E-state index >= 15 is 0 Å². The molecule has 2 aliphatic rings. The Hall–Kier alpha value is -1.75. The van der Waals surface area contributed by atoms with Gasteiger partial charge in [0.1, 0.15) is 0 Å². The van der Waals surface area contributed by atoms with E-state index in [2.05, 4.69) is 0 Å². The maximum absolute atomic E-state index is 12.9. The lowest BCUT2D eigenvalue weighted by Crippen LogP contribution is -2.42. The molecule has 1 aromatic rings. The molecule has 1 unspecified atom stereocenters. The van der Waals surface area contributed by atoms with Crippen molar-refractivity contribution >= 4 is 29.3 Å². The summed E-state index contributed by atoms with van der Waals surface area (Å²) < 4.78 is 4.98. The lowest BCUT2D eigenvalue weighted by atomic mass is 9.92. The highest BCUT2D eigenvalue weighted by atomic mass is 32.2. The Balaban J connectivity index is 2.04. The van der Waals surface area contributed by atoms with E-state index in [0.29, 0.717) is 11.5 Å². The summed E-state index contributed by atoms with van der Waals surface area (Å²) in [5, 5.41) is 0. The van der Waals surface area contributed by atoms with Gasteiger partial charge >= 0.3 is 5.97 Å². The molecule has 1 atom stereocenters. The summed E-state index contributed by atoms with van der Waals surface area (Å²) in [7, 11) is 1.42. The van der Waals surface area contributed by atoms with Gasteiger partial charge in [-0.3, -0.25) is 9.59 Å². The number of ether oxygens (including phenoxy) is 1. The first-order valence-corrected chi connectivity index (χ1v) is 10.1. The number of hydrogen-bond acceptors (Lipinski definition) is 4. The van der Waals surface area contributed by atoms with Gasteiger partial charge in [-0.15, -0.1) is 0 Å². The normalized spacial score (nSPS) is 24.8. The van der Waals surface area contributed by atoms with Gasteiger partial charge in [-0.2, -0.15) is 11.8 Å². The van der Waals surface area contributed by atoms with Crippen LogP contribution in [0.15, 0.2) is 36.4 Å². The zero-order valence-corrected chi connectivity index (χ0v) is 15.5. The number of benzene rings is 1. The van der Waals surface area contributed by atoms with Crippen LogP contribution >= 0.6 is 11.8 Å². The molecular weight excluding hydrogens is 334 g/mol. The number of rotatable bonds is 3. The summed E-state index contributed by atoms with van der Waals surface area (Å²) in [4.78, 5) is 27.1. The summed E-state index contributed by atoms with van der Waals surface area (Å²) >= 11 is 1.52. The second-order valence-corrected chi connectivity index (χ2v) is 7.65. The third kappa shape index (κ3) is 4.27. The van der Waals surface area contributed by atoms with E-state index in [1.807, 2.05) is 41.3 Å². The topological polar surface area (TPSA) is 46.6 Å². The minimum absolute atomic E-state index is 0.148. The van der Waals surface area contributed by atoms with Crippen molar-refractivity contribution in [3.05, 3.63) is 42.0 Å². The largest absolute Gasteiger partial charge is 0.469 e. The monoisotopic (exact) mass is 359 g/mol.